The Hall–Kier alpha value is -0.0900. The highest BCUT2D eigenvalue weighted by Crippen LogP contribution is 2.33. The minimum Gasteiger partial charge on any atom is -0.313 e. The first-order valence-corrected chi connectivity index (χ1v) is 9.58. The molecule has 1 N–H and O–H groups in total. The first kappa shape index (κ1) is 17.3. The van der Waals surface area contributed by atoms with Crippen LogP contribution in [-0.4, -0.2) is 22.0 Å². The SMILES string of the molecule is CCCNC1CCC(C)CC1S(=O)c1cc(Cl)ccc1Cl. The van der Waals surface area contributed by atoms with Crippen LogP contribution in [0.3, 0.4) is 0 Å². The average Bonchev–Trinajstić information content (AvgIpc) is 2.47. The van der Waals surface area contributed by atoms with E-state index >= 15 is 0 Å². The Bertz CT molecular complexity index is 507. The molecular weight excluding hydrogens is 325 g/mol. The lowest BCUT2D eigenvalue weighted by Crippen LogP contribution is -2.46. The summed E-state index contributed by atoms with van der Waals surface area (Å²) in [5.74, 6) is 0.608. The van der Waals surface area contributed by atoms with E-state index in [9.17, 15) is 4.21 Å². The van der Waals surface area contributed by atoms with Crippen molar-refractivity contribution in [3.05, 3.63) is 28.2 Å². The number of hydrogen-bond donors (Lipinski definition) is 1. The normalized spacial score (nSPS) is 27.5. The Balaban J connectivity index is 2.22. The zero-order valence-electron chi connectivity index (χ0n) is 12.6. The molecule has 0 radical (unpaired) electrons. The fourth-order valence-electron chi connectivity index (χ4n) is 2.92. The van der Waals surface area contributed by atoms with Gasteiger partial charge in [-0.15, -0.1) is 0 Å². The first-order valence-electron chi connectivity index (χ1n) is 7.62. The molecule has 2 rings (SSSR count). The van der Waals surface area contributed by atoms with Crippen molar-refractivity contribution in [3.8, 4) is 0 Å². The molecule has 2 nitrogen and oxygen atoms in total. The highest BCUT2D eigenvalue weighted by molar-refractivity contribution is 7.85. The minimum absolute atomic E-state index is 0.108. The van der Waals surface area contributed by atoms with E-state index in [0.29, 0.717) is 26.9 Å². The molecule has 0 aliphatic heterocycles. The van der Waals surface area contributed by atoms with E-state index in [-0.39, 0.29) is 5.25 Å². The van der Waals surface area contributed by atoms with Crippen molar-refractivity contribution in [2.45, 2.75) is 55.7 Å². The van der Waals surface area contributed by atoms with Gasteiger partial charge in [-0.05, 0) is 56.3 Å². The van der Waals surface area contributed by atoms with Crippen LogP contribution in [-0.2, 0) is 10.8 Å². The Morgan fingerprint density at radius 1 is 1.33 bits per heavy atom. The van der Waals surface area contributed by atoms with E-state index in [0.717, 1.165) is 25.8 Å². The Morgan fingerprint density at radius 3 is 2.81 bits per heavy atom. The summed E-state index contributed by atoms with van der Waals surface area (Å²) in [4.78, 5) is 0.673. The maximum atomic E-state index is 13.0. The highest BCUT2D eigenvalue weighted by Gasteiger charge is 2.33. The summed E-state index contributed by atoms with van der Waals surface area (Å²) in [6.45, 7) is 5.36. The second-order valence-electron chi connectivity index (χ2n) is 5.89. The summed E-state index contributed by atoms with van der Waals surface area (Å²) in [6, 6.07) is 5.52. The fraction of sp³-hybridized carbons (Fsp3) is 0.625. The van der Waals surface area contributed by atoms with Crippen molar-refractivity contribution in [3.63, 3.8) is 0 Å². The third-order valence-electron chi connectivity index (χ3n) is 4.10. The minimum atomic E-state index is -1.12. The quantitative estimate of drug-likeness (QED) is 0.839. The summed E-state index contributed by atoms with van der Waals surface area (Å²) in [7, 11) is -1.12. The molecule has 0 bridgehead atoms. The van der Waals surface area contributed by atoms with Crippen LogP contribution in [0.4, 0.5) is 0 Å². The van der Waals surface area contributed by atoms with Gasteiger partial charge in [0.15, 0.2) is 0 Å². The van der Waals surface area contributed by atoms with Gasteiger partial charge < -0.3 is 5.32 Å². The van der Waals surface area contributed by atoms with Crippen molar-refractivity contribution >= 4 is 34.0 Å². The zero-order valence-corrected chi connectivity index (χ0v) is 14.9. The lowest BCUT2D eigenvalue weighted by Gasteiger charge is -2.35. The van der Waals surface area contributed by atoms with Crippen LogP contribution in [0.1, 0.15) is 39.5 Å². The van der Waals surface area contributed by atoms with Crippen LogP contribution >= 0.6 is 23.2 Å². The van der Waals surface area contributed by atoms with E-state index in [4.69, 9.17) is 23.2 Å². The van der Waals surface area contributed by atoms with Gasteiger partial charge in [0, 0.05) is 11.1 Å². The van der Waals surface area contributed by atoms with Crippen molar-refractivity contribution in [2.75, 3.05) is 6.54 Å². The van der Waals surface area contributed by atoms with Crippen molar-refractivity contribution < 1.29 is 4.21 Å². The highest BCUT2D eigenvalue weighted by atomic mass is 35.5. The van der Waals surface area contributed by atoms with Gasteiger partial charge in [-0.1, -0.05) is 37.0 Å². The molecule has 0 amide bonds. The van der Waals surface area contributed by atoms with Gasteiger partial charge in [-0.2, -0.15) is 0 Å². The number of rotatable bonds is 5. The summed E-state index contributed by atoms with van der Waals surface area (Å²) in [6.07, 6.45) is 4.33. The second-order valence-corrected chi connectivity index (χ2v) is 8.37. The van der Waals surface area contributed by atoms with E-state index in [1.54, 1.807) is 18.2 Å². The molecule has 1 aromatic carbocycles. The van der Waals surface area contributed by atoms with E-state index in [1.807, 2.05) is 0 Å². The lowest BCUT2D eigenvalue weighted by molar-refractivity contribution is 0.313. The maximum Gasteiger partial charge on any atom is 0.0592 e. The molecule has 0 saturated heterocycles. The molecule has 4 atom stereocenters. The fourth-order valence-corrected chi connectivity index (χ4v) is 5.37. The number of nitrogens with one attached hydrogen (secondary N) is 1. The summed E-state index contributed by atoms with van der Waals surface area (Å²) >= 11 is 12.3. The van der Waals surface area contributed by atoms with Crippen LogP contribution < -0.4 is 5.32 Å². The van der Waals surface area contributed by atoms with Crippen molar-refractivity contribution in [2.24, 2.45) is 5.92 Å². The van der Waals surface area contributed by atoms with Gasteiger partial charge >= 0.3 is 0 Å². The van der Waals surface area contributed by atoms with Crippen LogP contribution in [0.2, 0.25) is 10.0 Å². The molecule has 1 aliphatic carbocycles. The average molecular weight is 348 g/mol. The van der Waals surface area contributed by atoms with E-state index < -0.39 is 10.8 Å². The van der Waals surface area contributed by atoms with Gasteiger partial charge in [0.2, 0.25) is 0 Å². The Morgan fingerprint density at radius 2 is 2.10 bits per heavy atom. The number of halogens is 2. The summed E-state index contributed by atoms with van der Waals surface area (Å²) < 4.78 is 13.0. The van der Waals surface area contributed by atoms with Gasteiger partial charge in [0.1, 0.15) is 0 Å². The third-order valence-corrected chi connectivity index (χ3v) is 6.61. The standard InChI is InChI=1S/C16H23Cl2NOS/c1-3-8-19-14-7-4-11(2)9-16(14)21(20)15-10-12(17)5-6-13(15)18/h5-6,10-11,14,16,19H,3-4,7-9H2,1-2H3. The van der Waals surface area contributed by atoms with Crippen LogP contribution in [0.15, 0.2) is 23.1 Å². The lowest BCUT2D eigenvalue weighted by atomic mass is 9.87. The van der Waals surface area contributed by atoms with Gasteiger partial charge in [-0.25, -0.2) is 0 Å². The molecule has 1 aromatic rings. The summed E-state index contributed by atoms with van der Waals surface area (Å²) in [5, 5.41) is 4.80. The molecule has 5 heteroatoms. The molecule has 0 aromatic heterocycles. The molecule has 1 aliphatic rings. The predicted molar refractivity (Wildman–Crippen MR) is 91.8 cm³/mol. The molecule has 118 valence electrons. The molecule has 1 fully saturated rings. The van der Waals surface area contributed by atoms with Gasteiger partial charge in [0.05, 0.1) is 26.0 Å². The van der Waals surface area contributed by atoms with E-state index in [1.165, 1.54) is 6.42 Å². The molecule has 21 heavy (non-hydrogen) atoms. The van der Waals surface area contributed by atoms with E-state index in [2.05, 4.69) is 19.2 Å². The van der Waals surface area contributed by atoms with Crippen LogP contribution in [0.5, 0.6) is 0 Å². The molecule has 0 spiro atoms. The number of hydrogen-bond acceptors (Lipinski definition) is 2. The van der Waals surface area contributed by atoms with Gasteiger partial charge in [-0.3, -0.25) is 4.21 Å². The third kappa shape index (κ3) is 4.44. The van der Waals surface area contributed by atoms with Crippen molar-refractivity contribution in [1.29, 1.82) is 0 Å². The first-order chi connectivity index (χ1) is 10.0. The second kappa shape index (κ2) is 7.96. The predicted octanol–water partition coefficient (Wildman–Crippen LogP) is 4.66. The Kier molecular flexibility index (Phi) is 6.54. The number of benzene rings is 1. The molecule has 1 saturated carbocycles. The monoisotopic (exact) mass is 347 g/mol. The molecular formula is C16H23Cl2NOS. The largest absolute Gasteiger partial charge is 0.313 e. The van der Waals surface area contributed by atoms with Crippen molar-refractivity contribution in [1.82, 2.24) is 5.32 Å². The molecule has 4 unspecified atom stereocenters. The maximum absolute atomic E-state index is 13.0. The Labute approximate surface area is 140 Å². The zero-order chi connectivity index (χ0) is 15.4. The summed E-state index contributed by atoms with van der Waals surface area (Å²) in [5.41, 5.74) is 0. The van der Waals surface area contributed by atoms with Crippen LogP contribution in [0.25, 0.3) is 0 Å². The molecule has 0 heterocycles. The van der Waals surface area contributed by atoms with Crippen LogP contribution in [0, 0.1) is 5.92 Å². The topological polar surface area (TPSA) is 29.1 Å². The smallest absolute Gasteiger partial charge is 0.0592 e. The van der Waals surface area contributed by atoms with Gasteiger partial charge in [0.25, 0.3) is 0 Å².